The molecule has 6 nitrogen and oxygen atoms in total. The van der Waals surface area contributed by atoms with Crippen molar-refractivity contribution in [2.75, 3.05) is 43.6 Å². The maximum atomic E-state index is 12.1. The molecule has 1 saturated heterocycles. The van der Waals surface area contributed by atoms with Gasteiger partial charge in [0.25, 0.3) is 5.91 Å². The smallest absolute Gasteiger partial charge is 0.251 e. The molecule has 0 saturated carbocycles. The molecule has 1 amide bonds. The molecule has 0 atom stereocenters. The van der Waals surface area contributed by atoms with E-state index in [9.17, 15) is 4.79 Å². The first-order valence-corrected chi connectivity index (χ1v) is 8.61. The van der Waals surface area contributed by atoms with Crippen molar-refractivity contribution in [2.45, 2.75) is 12.8 Å². The van der Waals surface area contributed by atoms with Crippen LogP contribution in [0.1, 0.15) is 23.2 Å². The molecule has 0 radical (unpaired) electrons. The van der Waals surface area contributed by atoms with Gasteiger partial charge in [0.15, 0.2) is 0 Å². The Morgan fingerprint density at radius 3 is 2.68 bits per heavy atom. The third-order valence-corrected chi connectivity index (χ3v) is 4.22. The van der Waals surface area contributed by atoms with Crippen LogP contribution in [0.3, 0.4) is 0 Å². The summed E-state index contributed by atoms with van der Waals surface area (Å²) in [5.74, 6) is 0.514. The molecule has 1 aliphatic rings. The second-order valence-electron chi connectivity index (χ2n) is 6.04. The number of carbonyl (C=O) groups excluding carboxylic acids is 1. The van der Waals surface area contributed by atoms with E-state index in [0.717, 1.165) is 18.8 Å². The minimum atomic E-state index is -0.133. The predicted octanol–water partition coefficient (Wildman–Crippen LogP) is 2.80. The number of aromatic nitrogens is 1. The molecule has 6 heteroatoms. The molecule has 0 unspecified atom stereocenters. The van der Waals surface area contributed by atoms with Crippen LogP contribution in [-0.2, 0) is 4.74 Å². The minimum Gasteiger partial charge on any atom is -0.383 e. The molecule has 0 aliphatic carbocycles. The average Bonchev–Trinajstić information content (AvgIpc) is 3.17. The van der Waals surface area contributed by atoms with E-state index in [-0.39, 0.29) is 5.91 Å². The van der Waals surface area contributed by atoms with Gasteiger partial charge in [-0.2, -0.15) is 0 Å². The topological polar surface area (TPSA) is 66.5 Å². The molecule has 0 bridgehead atoms. The summed E-state index contributed by atoms with van der Waals surface area (Å²) < 4.78 is 4.93. The highest BCUT2D eigenvalue weighted by molar-refractivity contribution is 5.94. The summed E-state index contributed by atoms with van der Waals surface area (Å²) >= 11 is 0. The highest BCUT2D eigenvalue weighted by atomic mass is 16.5. The Morgan fingerprint density at radius 2 is 1.96 bits per heavy atom. The first kappa shape index (κ1) is 17.2. The maximum absolute atomic E-state index is 12.1. The SMILES string of the molecule is COCCNC(=O)c1ccnc(Nc2ccc(N3CCCC3)cc2)c1. The number of methoxy groups -OCH3 is 1. The number of nitrogens with one attached hydrogen (secondary N) is 2. The van der Waals surface area contributed by atoms with E-state index in [1.54, 1.807) is 25.4 Å². The van der Waals surface area contributed by atoms with Crippen molar-refractivity contribution in [3.05, 3.63) is 48.2 Å². The second-order valence-corrected chi connectivity index (χ2v) is 6.04. The zero-order chi connectivity index (χ0) is 17.5. The number of amides is 1. The molecule has 0 spiro atoms. The minimum absolute atomic E-state index is 0.133. The summed E-state index contributed by atoms with van der Waals surface area (Å²) in [6.45, 7) is 3.24. The Morgan fingerprint density at radius 1 is 1.20 bits per heavy atom. The third kappa shape index (κ3) is 4.70. The average molecular weight is 340 g/mol. The van der Waals surface area contributed by atoms with Crippen LogP contribution in [0.4, 0.5) is 17.2 Å². The number of rotatable bonds is 7. The van der Waals surface area contributed by atoms with Gasteiger partial charge in [0.2, 0.25) is 0 Å². The summed E-state index contributed by atoms with van der Waals surface area (Å²) in [7, 11) is 1.61. The molecule has 1 aliphatic heterocycles. The van der Waals surface area contributed by atoms with Crippen molar-refractivity contribution in [1.29, 1.82) is 0 Å². The van der Waals surface area contributed by atoms with Crippen LogP contribution in [0.5, 0.6) is 0 Å². The number of pyridine rings is 1. The van der Waals surface area contributed by atoms with Gasteiger partial charge in [0, 0.05) is 49.9 Å². The molecule has 2 aromatic rings. The van der Waals surface area contributed by atoms with Crippen LogP contribution in [0.25, 0.3) is 0 Å². The first-order valence-electron chi connectivity index (χ1n) is 8.61. The second kappa shape index (κ2) is 8.48. The molecule has 2 heterocycles. The van der Waals surface area contributed by atoms with E-state index in [0.29, 0.717) is 24.5 Å². The number of carbonyl (C=O) groups is 1. The summed E-state index contributed by atoms with van der Waals surface area (Å²) in [5, 5.41) is 6.05. The number of benzene rings is 1. The van der Waals surface area contributed by atoms with E-state index >= 15 is 0 Å². The summed E-state index contributed by atoms with van der Waals surface area (Å²) in [4.78, 5) is 18.8. The van der Waals surface area contributed by atoms with Gasteiger partial charge < -0.3 is 20.3 Å². The fourth-order valence-electron chi connectivity index (χ4n) is 2.89. The Bertz CT molecular complexity index is 697. The van der Waals surface area contributed by atoms with Crippen molar-refractivity contribution < 1.29 is 9.53 Å². The molecule has 1 aromatic carbocycles. The monoisotopic (exact) mass is 340 g/mol. The van der Waals surface area contributed by atoms with Gasteiger partial charge in [0.1, 0.15) is 5.82 Å². The number of hydrogen-bond donors (Lipinski definition) is 2. The normalized spacial score (nSPS) is 13.7. The first-order chi connectivity index (χ1) is 12.3. The summed E-state index contributed by atoms with van der Waals surface area (Å²) in [5.41, 5.74) is 2.77. The van der Waals surface area contributed by atoms with Crippen molar-refractivity contribution in [3.8, 4) is 0 Å². The van der Waals surface area contributed by atoms with Gasteiger partial charge >= 0.3 is 0 Å². The molecule has 132 valence electrons. The lowest BCUT2D eigenvalue weighted by Gasteiger charge is -2.18. The van der Waals surface area contributed by atoms with E-state index in [2.05, 4.69) is 32.7 Å². The molecule has 2 N–H and O–H groups in total. The summed E-state index contributed by atoms with van der Waals surface area (Å²) in [6.07, 6.45) is 4.17. The van der Waals surface area contributed by atoms with Gasteiger partial charge in [-0.1, -0.05) is 0 Å². The van der Waals surface area contributed by atoms with Crippen LogP contribution >= 0.6 is 0 Å². The van der Waals surface area contributed by atoms with E-state index in [4.69, 9.17) is 4.74 Å². The van der Waals surface area contributed by atoms with E-state index in [1.165, 1.54) is 18.5 Å². The molecular weight excluding hydrogens is 316 g/mol. The lowest BCUT2D eigenvalue weighted by Crippen LogP contribution is -2.26. The number of anilines is 3. The molecule has 25 heavy (non-hydrogen) atoms. The molecular formula is C19H24N4O2. The van der Waals surface area contributed by atoms with Gasteiger partial charge in [-0.3, -0.25) is 4.79 Å². The fraction of sp³-hybridized carbons (Fsp3) is 0.368. The van der Waals surface area contributed by atoms with Gasteiger partial charge in [-0.15, -0.1) is 0 Å². The highest BCUT2D eigenvalue weighted by Crippen LogP contribution is 2.23. The van der Waals surface area contributed by atoms with Crippen molar-refractivity contribution in [1.82, 2.24) is 10.3 Å². The van der Waals surface area contributed by atoms with Gasteiger partial charge in [-0.25, -0.2) is 4.98 Å². The van der Waals surface area contributed by atoms with Crippen LogP contribution < -0.4 is 15.5 Å². The Kier molecular flexibility index (Phi) is 5.85. The number of hydrogen-bond acceptors (Lipinski definition) is 5. The Labute approximate surface area is 148 Å². The standard InChI is InChI=1S/C19H24N4O2/c1-25-13-10-21-19(24)15-8-9-20-18(14-15)22-16-4-6-17(7-5-16)23-11-2-3-12-23/h4-9,14H,2-3,10-13H2,1H3,(H,20,22)(H,21,24). The zero-order valence-electron chi connectivity index (χ0n) is 14.5. The lowest BCUT2D eigenvalue weighted by molar-refractivity contribution is 0.0937. The number of ether oxygens (including phenoxy) is 1. The fourth-order valence-corrected chi connectivity index (χ4v) is 2.89. The Hall–Kier alpha value is -2.60. The van der Waals surface area contributed by atoms with Gasteiger partial charge in [-0.05, 0) is 49.2 Å². The molecule has 3 rings (SSSR count). The molecule has 1 fully saturated rings. The predicted molar refractivity (Wildman–Crippen MR) is 99.6 cm³/mol. The van der Waals surface area contributed by atoms with Crippen LogP contribution in [-0.4, -0.2) is 44.2 Å². The van der Waals surface area contributed by atoms with Crippen molar-refractivity contribution >= 4 is 23.1 Å². The Balaban J connectivity index is 1.62. The van der Waals surface area contributed by atoms with Crippen LogP contribution in [0.15, 0.2) is 42.6 Å². The van der Waals surface area contributed by atoms with E-state index < -0.39 is 0 Å². The lowest BCUT2D eigenvalue weighted by atomic mass is 10.2. The van der Waals surface area contributed by atoms with Crippen molar-refractivity contribution in [2.24, 2.45) is 0 Å². The highest BCUT2D eigenvalue weighted by Gasteiger charge is 2.12. The summed E-state index contributed by atoms with van der Waals surface area (Å²) in [6, 6.07) is 11.8. The zero-order valence-corrected chi connectivity index (χ0v) is 14.5. The molecule has 1 aromatic heterocycles. The van der Waals surface area contributed by atoms with Crippen LogP contribution in [0, 0.1) is 0 Å². The van der Waals surface area contributed by atoms with Gasteiger partial charge in [0.05, 0.1) is 6.61 Å². The maximum Gasteiger partial charge on any atom is 0.251 e. The van der Waals surface area contributed by atoms with E-state index in [1.807, 2.05) is 12.1 Å². The quantitative estimate of drug-likeness (QED) is 0.759. The third-order valence-electron chi connectivity index (χ3n) is 4.22. The van der Waals surface area contributed by atoms with Crippen LogP contribution in [0.2, 0.25) is 0 Å². The largest absolute Gasteiger partial charge is 0.383 e. The van der Waals surface area contributed by atoms with Crippen molar-refractivity contribution in [3.63, 3.8) is 0 Å². The number of nitrogens with zero attached hydrogens (tertiary/aromatic N) is 2.